The van der Waals surface area contributed by atoms with Crippen molar-refractivity contribution < 1.29 is 9.90 Å². The molecule has 0 spiro atoms. The fourth-order valence-electron chi connectivity index (χ4n) is 1.92. The molecule has 1 aromatic heterocycles. The summed E-state index contributed by atoms with van der Waals surface area (Å²) in [4.78, 5) is 19.9. The SMILES string of the molecule is CCCSCc1nc(C)c(C(C)C(=O)O)c(C)n1. The van der Waals surface area contributed by atoms with E-state index in [1.54, 1.807) is 18.7 Å². The van der Waals surface area contributed by atoms with Gasteiger partial charge in [0.25, 0.3) is 0 Å². The molecule has 0 aliphatic rings. The van der Waals surface area contributed by atoms with Crippen LogP contribution in [0.4, 0.5) is 0 Å². The summed E-state index contributed by atoms with van der Waals surface area (Å²) in [6, 6.07) is 0. The molecule has 1 rings (SSSR count). The smallest absolute Gasteiger partial charge is 0.310 e. The number of carboxylic acids is 1. The number of aliphatic carboxylic acids is 1. The highest BCUT2D eigenvalue weighted by Crippen LogP contribution is 2.22. The van der Waals surface area contributed by atoms with E-state index in [9.17, 15) is 4.79 Å². The maximum atomic E-state index is 11.0. The van der Waals surface area contributed by atoms with Crippen LogP contribution < -0.4 is 0 Å². The molecule has 100 valence electrons. The number of rotatable bonds is 6. The average Bonchev–Trinajstić information content (AvgIpc) is 2.28. The lowest BCUT2D eigenvalue weighted by Gasteiger charge is -2.13. The van der Waals surface area contributed by atoms with E-state index < -0.39 is 11.9 Å². The van der Waals surface area contributed by atoms with Gasteiger partial charge in [-0.3, -0.25) is 4.79 Å². The highest BCUT2D eigenvalue weighted by atomic mass is 32.2. The van der Waals surface area contributed by atoms with Crippen LogP contribution in [0, 0.1) is 13.8 Å². The summed E-state index contributed by atoms with van der Waals surface area (Å²) in [6.07, 6.45) is 1.14. The Balaban J connectivity index is 2.94. The standard InChI is InChI=1S/C13H20N2O2S/c1-5-6-18-7-11-14-9(3)12(10(4)15-11)8(2)13(16)17/h8H,5-7H2,1-4H3,(H,16,17). The molecule has 1 aromatic rings. The number of nitrogens with zero attached hydrogens (tertiary/aromatic N) is 2. The molecule has 0 aliphatic heterocycles. The van der Waals surface area contributed by atoms with E-state index >= 15 is 0 Å². The van der Waals surface area contributed by atoms with Gasteiger partial charge in [0.1, 0.15) is 5.82 Å². The number of aryl methyl sites for hydroxylation is 2. The first-order valence-electron chi connectivity index (χ1n) is 6.11. The quantitative estimate of drug-likeness (QED) is 0.804. The van der Waals surface area contributed by atoms with Gasteiger partial charge in [-0.2, -0.15) is 11.8 Å². The molecule has 0 saturated heterocycles. The molecule has 0 aliphatic carbocycles. The minimum Gasteiger partial charge on any atom is -0.481 e. The van der Waals surface area contributed by atoms with E-state index in [-0.39, 0.29) is 0 Å². The lowest BCUT2D eigenvalue weighted by Crippen LogP contribution is -2.14. The van der Waals surface area contributed by atoms with Crippen molar-refractivity contribution in [1.29, 1.82) is 0 Å². The molecule has 0 aromatic carbocycles. The first kappa shape index (κ1) is 15.0. The van der Waals surface area contributed by atoms with Gasteiger partial charge in [0.2, 0.25) is 0 Å². The van der Waals surface area contributed by atoms with Crippen molar-refractivity contribution in [3.8, 4) is 0 Å². The van der Waals surface area contributed by atoms with Crippen molar-refractivity contribution in [2.24, 2.45) is 0 Å². The zero-order valence-corrected chi connectivity index (χ0v) is 12.2. The Labute approximate surface area is 112 Å². The maximum Gasteiger partial charge on any atom is 0.310 e. The lowest BCUT2D eigenvalue weighted by molar-refractivity contribution is -0.138. The third kappa shape index (κ3) is 3.70. The molecule has 18 heavy (non-hydrogen) atoms. The van der Waals surface area contributed by atoms with E-state index in [1.807, 2.05) is 13.8 Å². The Hall–Kier alpha value is -1.10. The topological polar surface area (TPSA) is 63.1 Å². The monoisotopic (exact) mass is 268 g/mol. The van der Waals surface area contributed by atoms with Crippen LogP contribution in [0.2, 0.25) is 0 Å². The van der Waals surface area contributed by atoms with Crippen molar-refractivity contribution in [3.05, 3.63) is 22.8 Å². The summed E-state index contributed by atoms with van der Waals surface area (Å²) in [6.45, 7) is 7.53. The maximum absolute atomic E-state index is 11.0. The molecule has 0 saturated carbocycles. The minimum absolute atomic E-state index is 0.553. The molecule has 0 amide bonds. The third-order valence-corrected chi connectivity index (χ3v) is 3.92. The largest absolute Gasteiger partial charge is 0.481 e. The summed E-state index contributed by atoms with van der Waals surface area (Å²) >= 11 is 1.80. The number of thioether (sulfide) groups is 1. The predicted octanol–water partition coefficient (Wildman–Crippen LogP) is 2.92. The zero-order valence-electron chi connectivity index (χ0n) is 11.4. The molecule has 1 unspecified atom stereocenters. The van der Waals surface area contributed by atoms with Crippen molar-refractivity contribution in [1.82, 2.24) is 9.97 Å². The second kappa shape index (κ2) is 6.73. The Morgan fingerprint density at radius 3 is 2.33 bits per heavy atom. The van der Waals surface area contributed by atoms with E-state index in [4.69, 9.17) is 5.11 Å². The van der Waals surface area contributed by atoms with Gasteiger partial charge in [-0.05, 0) is 32.9 Å². The van der Waals surface area contributed by atoms with E-state index in [0.29, 0.717) is 0 Å². The van der Waals surface area contributed by atoms with E-state index in [2.05, 4.69) is 16.9 Å². The zero-order chi connectivity index (χ0) is 13.7. The van der Waals surface area contributed by atoms with Gasteiger partial charge in [-0.15, -0.1) is 0 Å². The molecule has 1 N–H and O–H groups in total. The van der Waals surface area contributed by atoms with Crippen LogP contribution in [0.15, 0.2) is 0 Å². The molecule has 0 bridgehead atoms. The lowest BCUT2D eigenvalue weighted by atomic mass is 9.98. The predicted molar refractivity (Wildman–Crippen MR) is 74.0 cm³/mol. The molecule has 1 heterocycles. The fraction of sp³-hybridized carbons (Fsp3) is 0.615. The van der Waals surface area contributed by atoms with Gasteiger partial charge in [0.05, 0.1) is 11.7 Å². The van der Waals surface area contributed by atoms with Crippen LogP contribution in [-0.4, -0.2) is 26.8 Å². The second-order valence-electron chi connectivity index (χ2n) is 4.34. The first-order chi connectivity index (χ1) is 8.47. The van der Waals surface area contributed by atoms with Crippen LogP contribution in [0.25, 0.3) is 0 Å². The van der Waals surface area contributed by atoms with Crippen molar-refractivity contribution in [2.45, 2.75) is 45.8 Å². The highest BCUT2D eigenvalue weighted by molar-refractivity contribution is 7.98. The molecule has 0 fully saturated rings. The Bertz CT molecular complexity index is 412. The number of carbonyl (C=O) groups is 1. The van der Waals surface area contributed by atoms with Crippen molar-refractivity contribution >= 4 is 17.7 Å². The second-order valence-corrected chi connectivity index (χ2v) is 5.44. The summed E-state index contributed by atoms with van der Waals surface area (Å²) in [5, 5.41) is 9.07. The van der Waals surface area contributed by atoms with Crippen molar-refractivity contribution in [3.63, 3.8) is 0 Å². The van der Waals surface area contributed by atoms with Gasteiger partial charge in [0, 0.05) is 17.0 Å². The van der Waals surface area contributed by atoms with Gasteiger partial charge < -0.3 is 5.11 Å². The third-order valence-electron chi connectivity index (χ3n) is 2.76. The average molecular weight is 268 g/mol. The first-order valence-corrected chi connectivity index (χ1v) is 7.27. The summed E-state index contributed by atoms with van der Waals surface area (Å²) in [5.41, 5.74) is 2.31. The van der Waals surface area contributed by atoms with Crippen LogP contribution in [0.5, 0.6) is 0 Å². The molecule has 4 nitrogen and oxygen atoms in total. The Morgan fingerprint density at radius 1 is 1.33 bits per heavy atom. The number of carboxylic acid groups (broad SMARTS) is 1. The normalized spacial score (nSPS) is 12.4. The Morgan fingerprint density at radius 2 is 1.89 bits per heavy atom. The molecule has 1 atom stereocenters. The number of hydrogen-bond donors (Lipinski definition) is 1. The molecule has 5 heteroatoms. The molecule has 0 radical (unpaired) electrons. The van der Waals surface area contributed by atoms with E-state index in [1.165, 1.54) is 0 Å². The van der Waals surface area contributed by atoms with Gasteiger partial charge in [-0.1, -0.05) is 6.92 Å². The summed E-state index contributed by atoms with van der Waals surface area (Å²) in [7, 11) is 0. The number of aromatic nitrogens is 2. The fourth-order valence-corrected chi connectivity index (χ4v) is 2.66. The van der Waals surface area contributed by atoms with E-state index in [0.717, 1.165) is 40.7 Å². The highest BCUT2D eigenvalue weighted by Gasteiger charge is 2.20. The Kier molecular flexibility index (Phi) is 5.59. The van der Waals surface area contributed by atoms with Crippen molar-refractivity contribution in [2.75, 3.05) is 5.75 Å². The van der Waals surface area contributed by atoms with Crippen LogP contribution in [0.3, 0.4) is 0 Å². The van der Waals surface area contributed by atoms with Crippen LogP contribution >= 0.6 is 11.8 Å². The summed E-state index contributed by atoms with van der Waals surface area (Å²) in [5.74, 6) is 1.29. The number of hydrogen-bond acceptors (Lipinski definition) is 4. The van der Waals surface area contributed by atoms with Gasteiger partial charge in [0.15, 0.2) is 0 Å². The van der Waals surface area contributed by atoms with Gasteiger partial charge in [-0.25, -0.2) is 9.97 Å². The van der Waals surface area contributed by atoms with Crippen LogP contribution in [0.1, 0.15) is 49.0 Å². The minimum atomic E-state index is -0.835. The molecular formula is C13H20N2O2S. The van der Waals surface area contributed by atoms with Crippen LogP contribution in [-0.2, 0) is 10.5 Å². The van der Waals surface area contributed by atoms with Gasteiger partial charge >= 0.3 is 5.97 Å². The summed E-state index contributed by atoms with van der Waals surface area (Å²) < 4.78 is 0. The molecular weight excluding hydrogens is 248 g/mol.